The molecule has 1 unspecified atom stereocenters. The fourth-order valence-electron chi connectivity index (χ4n) is 2.86. The maximum absolute atomic E-state index is 12.6. The van der Waals surface area contributed by atoms with E-state index in [2.05, 4.69) is 0 Å². The lowest BCUT2D eigenvalue weighted by molar-refractivity contribution is -0.384. The van der Waals surface area contributed by atoms with Gasteiger partial charge in [0.25, 0.3) is 5.69 Å². The highest BCUT2D eigenvalue weighted by molar-refractivity contribution is 8.19. The lowest BCUT2D eigenvalue weighted by Crippen LogP contribution is -2.63. The van der Waals surface area contributed by atoms with Crippen molar-refractivity contribution in [2.75, 3.05) is 5.75 Å². The van der Waals surface area contributed by atoms with Crippen LogP contribution in [-0.2, 0) is 32.1 Å². The Morgan fingerprint density at radius 1 is 1.37 bits per heavy atom. The molecule has 27 heavy (non-hydrogen) atoms. The molecule has 0 spiro atoms. The number of ether oxygens (including phenoxy) is 1. The normalized spacial score (nSPS) is 21.6. The van der Waals surface area contributed by atoms with Crippen LogP contribution in [-0.4, -0.2) is 37.4 Å². The standard InChI is InChI=1S/C17H18N2O6S2/c1-4-27(24)14-12(18-15(21)17(2,3)16(18)26-14)13(20)25-9-10-5-7-11(8-6-10)19(22)23/h5-8,16H,4,9H2,1-3H3/t16-,27?/m1/s1. The number of carbonyl (C=O) groups excluding carboxylic acids is 2. The third kappa shape index (κ3) is 3.32. The Bertz CT molecular complexity index is 836. The molecule has 8 nitrogen and oxygen atoms in total. The topological polar surface area (TPSA) is 113 Å². The van der Waals surface area contributed by atoms with Crippen molar-refractivity contribution in [1.29, 1.82) is 0 Å². The minimum absolute atomic E-state index is 0.0522. The second-order valence-corrected chi connectivity index (χ2v) is 9.66. The SMILES string of the molecule is CC[S+]([O-])C1=C(C(=O)OCc2ccc([N+](=O)[O-])cc2)N2C(=O)C(C)(C)[C@H]2S1. The van der Waals surface area contributed by atoms with Gasteiger partial charge in [0, 0.05) is 12.1 Å². The fraction of sp³-hybridized carbons (Fsp3) is 0.412. The summed E-state index contributed by atoms with van der Waals surface area (Å²) in [6.45, 7) is 5.22. The van der Waals surface area contributed by atoms with Gasteiger partial charge < -0.3 is 9.29 Å². The van der Waals surface area contributed by atoms with E-state index < -0.39 is 27.5 Å². The van der Waals surface area contributed by atoms with Crippen LogP contribution in [0.25, 0.3) is 0 Å². The van der Waals surface area contributed by atoms with Gasteiger partial charge in [-0.1, -0.05) is 0 Å². The number of fused-ring (bicyclic) bond motifs is 1. The smallest absolute Gasteiger partial charge is 0.361 e. The van der Waals surface area contributed by atoms with Gasteiger partial charge in [-0.3, -0.25) is 19.8 Å². The number of amides is 1. The van der Waals surface area contributed by atoms with Gasteiger partial charge in [0.15, 0.2) is 5.70 Å². The first kappa shape index (κ1) is 19.7. The number of esters is 1. The quantitative estimate of drug-likeness (QED) is 0.233. The molecule has 1 fully saturated rings. The summed E-state index contributed by atoms with van der Waals surface area (Å²) in [6.07, 6.45) is 0. The van der Waals surface area contributed by atoms with E-state index in [9.17, 15) is 24.3 Å². The molecule has 1 saturated heterocycles. The Labute approximate surface area is 163 Å². The number of non-ortho nitro benzene ring substituents is 1. The van der Waals surface area contributed by atoms with Crippen molar-refractivity contribution >= 4 is 40.5 Å². The molecule has 2 aliphatic rings. The van der Waals surface area contributed by atoms with Gasteiger partial charge in [0.05, 0.1) is 10.3 Å². The van der Waals surface area contributed by atoms with Crippen LogP contribution in [0.3, 0.4) is 0 Å². The first-order valence-electron chi connectivity index (χ1n) is 8.22. The Balaban J connectivity index is 1.77. The van der Waals surface area contributed by atoms with Crippen LogP contribution in [0.4, 0.5) is 5.69 Å². The lowest BCUT2D eigenvalue weighted by atomic mass is 9.82. The molecular formula is C17H18N2O6S2. The Morgan fingerprint density at radius 3 is 2.56 bits per heavy atom. The van der Waals surface area contributed by atoms with E-state index in [4.69, 9.17) is 4.74 Å². The molecule has 0 aliphatic carbocycles. The number of hydrogen-bond donors (Lipinski definition) is 0. The highest BCUT2D eigenvalue weighted by Crippen LogP contribution is 2.56. The maximum Gasteiger partial charge on any atom is 0.361 e. The molecule has 144 valence electrons. The number of nitro groups is 1. The molecule has 2 aliphatic heterocycles. The number of benzene rings is 1. The van der Waals surface area contributed by atoms with E-state index in [-0.39, 0.29) is 29.3 Å². The van der Waals surface area contributed by atoms with Gasteiger partial charge in [-0.2, -0.15) is 0 Å². The average Bonchev–Trinajstić information content (AvgIpc) is 3.04. The number of carbonyl (C=O) groups is 2. The summed E-state index contributed by atoms with van der Waals surface area (Å²) >= 11 is -0.110. The van der Waals surface area contributed by atoms with Gasteiger partial charge in [-0.05, 0) is 61.4 Å². The summed E-state index contributed by atoms with van der Waals surface area (Å²) in [5.74, 6) is -0.592. The Kier molecular flexibility index (Phi) is 5.24. The summed E-state index contributed by atoms with van der Waals surface area (Å²) < 4.78 is 18.0. The molecule has 3 rings (SSSR count). The van der Waals surface area contributed by atoms with E-state index in [0.29, 0.717) is 15.6 Å². The molecule has 10 heteroatoms. The van der Waals surface area contributed by atoms with Crippen LogP contribution in [0.15, 0.2) is 34.2 Å². The summed E-state index contributed by atoms with van der Waals surface area (Å²) in [5.41, 5.74) is -0.0627. The molecule has 0 N–H and O–H groups in total. The second kappa shape index (κ2) is 7.17. The highest BCUT2D eigenvalue weighted by Gasteiger charge is 2.63. The number of nitrogens with zero attached hydrogens (tertiary/aromatic N) is 2. The Morgan fingerprint density at radius 2 is 2.00 bits per heavy atom. The van der Waals surface area contributed by atoms with Crippen molar-refractivity contribution in [3.63, 3.8) is 0 Å². The van der Waals surface area contributed by atoms with Crippen molar-refractivity contribution in [2.45, 2.75) is 32.8 Å². The Hall–Kier alpha value is -2.04. The van der Waals surface area contributed by atoms with Crippen LogP contribution < -0.4 is 0 Å². The molecule has 2 heterocycles. The van der Waals surface area contributed by atoms with Crippen molar-refractivity contribution in [2.24, 2.45) is 5.41 Å². The fourth-order valence-corrected chi connectivity index (χ4v) is 5.77. The van der Waals surface area contributed by atoms with E-state index in [1.807, 2.05) is 0 Å². The molecule has 0 radical (unpaired) electrons. The van der Waals surface area contributed by atoms with Crippen LogP contribution >= 0.6 is 11.8 Å². The summed E-state index contributed by atoms with van der Waals surface area (Å²) in [4.78, 5) is 36.6. The van der Waals surface area contributed by atoms with E-state index in [0.717, 1.165) is 0 Å². The summed E-state index contributed by atoms with van der Waals surface area (Å²) in [7, 11) is 0. The van der Waals surface area contributed by atoms with E-state index in [1.165, 1.54) is 40.9 Å². The molecule has 0 bridgehead atoms. The lowest BCUT2D eigenvalue weighted by Gasteiger charge is -2.47. The zero-order chi connectivity index (χ0) is 19.9. The molecular weight excluding hydrogens is 392 g/mol. The van der Waals surface area contributed by atoms with Crippen LogP contribution in [0.5, 0.6) is 0 Å². The van der Waals surface area contributed by atoms with Crippen molar-refractivity contribution in [3.05, 3.63) is 49.9 Å². The van der Waals surface area contributed by atoms with E-state index in [1.54, 1.807) is 20.8 Å². The van der Waals surface area contributed by atoms with Gasteiger partial charge in [-0.15, -0.1) is 0 Å². The predicted molar refractivity (Wildman–Crippen MR) is 101 cm³/mol. The molecule has 2 atom stereocenters. The first-order chi connectivity index (χ1) is 12.7. The summed E-state index contributed by atoms with van der Waals surface area (Å²) in [6, 6.07) is 5.63. The number of thioether (sulfide) groups is 1. The van der Waals surface area contributed by atoms with E-state index >= 15 is 0 Å². The highest BCUT2D eigenvalue weighted by atomic mass is 32.3. The first-order valence-corrected chi connectivity index (χ1v) is 10.4. The van der Waals surface area contributed by atoms with Crippen LogP contribution in [0, 0.1) is 15.5 Å². The molecule has 0 saturated carbocycles. The predicted octanol–water partition coefficient (Wildman–Crippen LogP) is 2.52. The minimum atomic E-state index is -1.39. The number of rotatable bonds is 6. The van der Waals surface area contributed by atoms with Crippen molar-refractivity contribution in [1.82, 2.24) is 4.90 Å². The van der Waals surface area contributed by atoms with Gasteiger partial charge in [-0.25, -0.2) is 4.79 Å². The summed E-state index contributed by atoms with van der Waals surface area (Å²) in [5, 5.41) is 10.4. The monoisotopic (exact) mass is 410 g/mol. The third-order valence-corrected chi connectivity index (χ3v) is 7.86. The number of nitro benzene ring substituents is 1. The van der Waals surface area contributed by atoms with Gasteiger partial charge in [0.1, 0.15) is 17.7 Å². The largest absolute Gasteiger partial charge is 0.611 e. The molecule has 1 aromatic carbocycles. The molecule has 1 amide bonds. The van der Waals surface area contributed by atoms with Crippen LogP contribution in [0.1, 0.15) is 26.3 Å². The van der Waals surface area contributed by atoms with Gasteiger partial charge >= 0.3 is 5.97 Å². The molecule has 0 aromatic heterocycles. The second-order valence-electron chi connectivity index (χ2n) is 6.64. The number of β-lactam (4-membered cyclic amide) rings is 1. The maximum atomic E-state index is 12.6. The van der Waals surface area contributed by atoms with Crippen LogP contribution in [0.2, 0.25) is 0 Å². The zero-order valence-corrected chi connectivity index (χ0v) is 16.6. The number of hydrogen-bond acceptors (Lipinski definition) is 7. The zero-order valence-electron chi connectivity index (χ0n) is 15.0. The average molecular weight is 410 g/mol. The van der Waals surface area contributed by atoms with Gasteiger partial charge in [0.2, 0.25) is 10.1 Å². The minimum Gasteiger partial charge on any atom is -0.611 e. The van der Waals surface area contributed by atoms with Crippen molar-refractivity contribution in [3.8, 4) is 0 Å². The third-order valence-electron chi connectivity index (χ3n) is 4.45. The molecule has 1 aromatic rings. The van der Waals surface area contributed by atoms with Crippen molar-refractivity contribution < 1.29 is 23.8 Å².